The van der Waals surface area contributed by atoms with Crippen LogP contribution in [0.1, 0.15) is 33.1 Å². The minimum Gasteiger partial charge on any atom is -0.408 e. The zero-order chi connectivity index (χ0) is 13.6. The number of carbonyl (C=O) groups excluding carboxylic acids is 1. The van der Waals surface area contributed by atoms with E-state index < -0.39 is 0 Å². The van der Waals surface area contributed by atoms with Crippen LogP contribution in [0.25, 0.3) is 0 Å². The van der Waals surface area contributed by atoms with Gasteiger partial charge in [-0.05, 0) is 20.8 Å². The molecule has 0 atom stereocenters. The second-order valence-electron chi connectivity index (χ2n) is 4.91. The Bertz CT molecular complexity index is 387. The summed E-state index contributed by atoms with van der Waals surface area (Å²) in [5.74, 6) is 0.914. The minimum absolute atomic E-state index is 0.0181. The lowest BCUT2D eigenvalue weighted by Gasteiger charge is -2.20. The molecule has 0 bridgehead atoms. The monoisotopic (exact) mass is 274 g/mol. The van der Waals surface area contributed by atoms with E-state index in [0.29, 0.717) is 37.2 Å². The van der Waals surface area contributed by atoms with Crippen molar-refractivity contribution in [3.05, 3.63) is 5.89 Å². The van der Waals surface area contributed by atoms with Crippen LogP contribution in [0.5, 0.6) is 0 Å². The van der Waals surface area contributed by atoms with Crippen LogP contribution >= 0.6 is 11.6 Å². The molecule has 0 fully saturated rings. The number of aryl methyl sites for hydroxylation is 1. The molecule has 102 valence electrons. The maximum absolute atomic E-state index is 11.5. The van der Waals surface area contributed by atoms with E-state index in [1.165, 1.54) is 0 Å². The number of nitrogens with zero attached hydrogens (tertiary/aromatic N) is 2. The van der Waals surface area contributed by atoms with Gasteiger partial charge in [-0.1, -0.05) is 5.10 Å². The number of hydrogen-bond donors (Lipinski definition) is 2. The van der Waals surface area contributed by atoms with Crippen molar-refractivity contribution in [1.82, 2.24) is 15.5 Å². The molecule has 0 aromatic carbocycles. The molecule has 0 aliphatic carbocycles. The predicted molar refractivity (Wildman–Crippen MR) is 69.7 cm³/mol. The fourth-order valence-corrected chi connectivity index (χ4v) is 1.43. The maximum atomic E-state index is 11.5. The van der Waals surface area contributed by atoms with Crippen molar-refractivity contribution < 1.29 is 9.21 Å². The molecule has 1 rings (SSSR count). The van der Waals surface area contributed by atoms with E-state index in [1.807, 2.05) is 20.8 Å². The molecule has 0 spiro atoms. The number of anilines is 1. The average molecular weight is 275 g/mol. The van der Waals surface area contributed by atoms with E-state index in [-0.39, 0.29) is 11.4 Å². The molecule has 2 N–H and O–H groups in total. The van der Waals surface area contributed by atoms with E-state index in [4.69, 9.17) is 16.0 Å². The topological polar surface area (TPSA) is 80.0 Å². The lowest BCUT2D eigenvalue weighted by molar-refractivity contribution is -0.122. The highest BCUT2D eigenvalue weighted by atomic mass is 35.5. The lowest BCUT2D eigenvalue weighted by Crippen LogP contribution is -2.41. The van der Waals surface area contributed by atoms with Gasteiger partial charge in [-0.3, -0.25) is 4.79 Å². The molecular formula is C11H19ClN4O2. The third-order valence-corrected chi connectivity index (χ3v) is 2.11. The third-order valence-electron chi connectivity index (χ3n) is 1.92. The maximum Gasteiger partial charge on any atom is 0.315 e. The number of alkyl halides is 1. The van der Waals surface area contributed by atoms with Crippen molar-refractivity contribution in [3.63, 3.8) is 0 Å². The zero-order valence-corrected chi connectivity index (χ0v) is 11.7. The fraction of sp³-hybridized carbons (Fsp3) is 0.727. The van der Waals surface area contributed by atoms with Crippen LogP contribution in [0.4, 0.5) is 6.01 Å². The Labute approximate surface area is 111 Å². The Hall–Kier alpha value is -1.30. The summed E-state index contributed by atoms with van der Waals surface area (Å²) in [5, 5.41) is 13.4. The Morgan fingerprint density at radius 1 is 1.39 bits per heavy atom. The Balaban J connectivity index is 2.26. The summed E-state index contributed by atoms with van der Waals surface area (Å²) < 4.78 is 5.26. The molecule has 1 amide bonds. The van der Waals surface area contributed by atoms with Crippen molar-refractivity contribution in [2.24, 2.45) is 0 Å². The largest absolute Gasteiger partial charge is 0.408 e. The van der Waals surface area contributed by atoms with Gasteiger partial charge in [-0.2, -0.15) is 0 Å². The minimum atomic E-state index is -0.213. The van der Waals surface area contributed by atoms with E-state index in [1.54, 1.807) is 0 Å². The number of aromatic nitrogens is 2. The first kappa shape index (κ1) is 14.8. The number of carbonyl (C=O) groups is 1. The van der Waals surface area contributed by atoms with E-state index in [9.17, 15) is 4.79 Å². The van der Waals surface area contributed by atoms with Gasteiger partial charge in [0, 0.05) is 30.8 Å². The summed E-state index contributed by atoms with van der Waals surface area (Å²) in [4.78, 5) is 11.5. The average Bonchev–Trinajstić information content (AvgIpc) is 2.63. The Kier molecular flexibility index (Phi) is 5.40. The van der Waals surface area contributed by atoms with Crippen molar-refractivity contribution in [2.75, 3.05) is 17.7 Å². The molecule has 0 saturated heterocycles. The summed E-state index contributed by atoms with van der Waals surface area (Å²) in [6.45, 7) is 6.27. The van der Waals surface area contributed by atoms with Crippen molar-refractivity contribution >= 4 is 23.5 Å². The summed E-state index contributed by atoms with van der Waals surface area (Å²) in [6.07, 6.45) is 0.894. The molecule has 1 aromatic rings. The first-order chi connectivity index (χ1) is 8.40. The number of hydrogen-bond acceptors (Lipinski definition) is 5. The van der Waals surface area contributed by atoms with E-state index >= 15 is 0 Å². The van der Waals surface area contributed by atoms with E-state index in [0.717, 1.165) is 0 Å². The van der Waals surface area contributed by atoms with Crippen molar-refractivity contribution in [2.45, 2.75) is 39.2 Å². The molecule has 0 unspecified atom stereocenters. The van der Waals surface area contributed by atoms with Gasteiger partial charge < -0.3 is 15.1 Å². The quantitative estimate of drug-likeness (QED) is 0.770. The molecule has 6 nitrogen and oxygen atoms in total. The smallest absolute Gasteiger partial charge is 0.315 e. The van der Waals surface area contributed by atoms with Crippen LogP contribution < -0.4 is 10.6 Å². The summed E-state index contributed by atoms with van der Waals surface area (Å²) in [7, 11) is 0. The first-order valence-electron chi connectivity index (χ1n) is 5.84. The van der Waals surface area contributed by atoms with Gasteiger partial charge in [0.15, 0.2) is 0 Å². The van der Waals surface area contributed by atoms with Gasteiger partial charge in [0.25, 0.3) is 0 Å². The molecule has 1 heterocycles. The zero-order valence-electron chi connectivity index (χ0n) is 10.9. The van der Waals surface area contributed by atoms with E-state index in [2.05, 4.69) is 20.8 Å². The molecule has 0 radical (unpaired) electrons. The van der Waals surface area contributed by atoms with Crippen molar-refractivity contribution in [1.29, 1.82) is 0 Å². The SMILES string of the molecule is CC(C)(C)NC(=O)CCNc1nnc(CCCl)o1. The number of nitrogens with one attached hydrogen (secondary N) is 2. The lowest BCUT2D eigenvalue weighted by atomic mass is 10.1. The number of halogens is 1. The van der Waals surface area contributed by atoms with Gasteiger partial charge in [0.2, 0.25) is 11.8 Å². The predicted octanol–water partition coefficient (Wildman–Crippen LogP) is 1.57. The Morgan fingerprint density at radius 3 is 2.72 bits per heavy atom. The van der Waals surface area contributed by atoms with Crippen LogP contribution in [0, 0.1) is 0 Å². The van der Waals surface area contributed by atoms with Gasteiger partial charge in [-0.25, -0.2) is 0 Å². The van der Waals surface area contributed by atoms with Crippen LogP contribution in [-0.2, 0) is 11.2 Å². The highest BCUT2D eigenvalue weighted by Gasteiger charge is 2.13. The second kappa shape index (κ2) is 6.58. The molecule has 18 heavy (non-hydrogen) atoms. The normalized spacial score (nSPS) is 11.3. The molecule has 7 heteroatoms. The first-order valence-corrected chi connectivity index (χ1v) is 6.37. The van der Waals surface area contributed by atoms with Crippen LogP contribution in [0.3, 0.4) is 0 Å². The van der Waals surface area contributed by atoms with Gasteiger partial charge >= 0.3 is 6.01 Å². The van der Waals surface area contributed by atoms with Crippen LogP contribution in [0.2, 0.25) is 0 Å². The van der Waals surface area contributed by atoms with Gasteiger partial charge in [-0.15, -0.1) is 16.7 Å². The molecule has 0 aliphatic rings. The summed E-state index contributed by atoms with van der Waals surface area (Å²) in [5.41, 5.74) is -0.213. The number of amides is 1. The van der Waals surface area contributed by atoms with Crippen molar-refractivity contribution in [3.8, 4) is 0 Å². The second-order valence-corrected chi connectivity index (χ2v) is 5.29. The van der Waals surface area contributed by atoms with Crippen LogP contribution in [0.15, 0.2) is 4.42 Å². The molecule has 1 aromatic heterocycles. The molecule has 0 aliphatic heterocycles. The molecule has 0 saturated carbocycles. The fourth-order valence-electron chi connectivity index (χ4n) is 1.27. The highest BCUT2D eigenvalue weighted by molar-refractivity contribution is 6.17. The van der Waals surface area contributed by atoms with Gasteiger partial charge in [0.1, 0.15) is 0 Å². The third kappa shape index (κ3) is 5.86. The summed E-state index contributed by atoms with van der Waals surface area (Å²) >= 11 is 5.55. The molecular weight excluding hydrogens is 256 g/mol. The summed E-state index contributed by atoms with van der Waals surface area (Å²) in [6, 6.07) is 0.318. The standard InChI is InChI=1S/C11H19ClN4O2/c1-11(2,3)14-8(17)5-7-13-10-16-15-9(18-10)4-6-12/h4-7H2,1-3H3,(H,13,16)(H,14,17). The van der Waals surface area contributed by atoms with Gasteiger partial charge in [0.05, 0.1) is 0 Å². The number of rotatable bonds is 6. The van der Waals surface area contributed by atoms with Crippen LogP contribution in [-0.4, -0.2) is 34.1 Å². The highest BCUT2D eigenvalue weighted by Crippen LogP contribution is 2.06. The Morgan fingerprint density at radius 2 is 2.11 bits per heavy atom.